The second-order valence-corrected chi connectivity index (χ2v) is 6.72. The zero-order valence-corrected chi connectivity index (χ0v) is 13.6. The second-order valence-electron chi connectivity index (χ2n) is 5.81. The zero-order chi connectivity index (χ0) is 14.8. The highest BCUT2D eigenvalue weighted by atomic mass is 32.1. The first-order valence-electron chi connectivity index (χ1n) is 7.40. The maximum absolute atomic E-state index is 2.31. The quantitative estimate of drug-likeness (QED) is 0.516. The molecule has 0 saturated carbocycles. The van der Waals surface area contributed by atoms with E-state index in [1.54, 1.807) is 0 Å². The van der Waals surface area contributed by atoms with Crippen LogP contribution in [0.25, 0.3) is 21.6 Å². The van der Waals surface area contributed by atoms with Crippen molar-refractivity contribution >= 4 is 11.3 Å². The van der Waals surface area contributed by atoms with E-state index in [0.717, 1.165) is 0 Å². The fraction of sp³-hybridized carbons (Fsp3) is 0.200. The van der Waals surface area contributed by atoms with E-state index >= 15 is 0 Å². The fourth-order valence-corrected chi connectivity index (χ4v) is 3.65. The molecule has 1 aromatic heterocycles. The molecule has 1 heteroatoms. The Morgan fingerprint density at radius 2 is 1.52 bits per heavy atom. The summed E-state index contributed by atoms with van der Waals surface area (Å²) < 4.78 is 0. The lowest BCUT2D eigenvalue weighted by Gasteiger charge is -2.09. The van der Waals surface area contributed by atoms with Crippen molar-refractivity contribution in [2.75, 3.05) is 0 Å². The predicted molar refractivity (Wildman–Crippen MR) is 94.0 cm³/mol. The van der Waals surface area contributed by atoms with Crippen LogP contribution in [0.1, 0.15) is 30.9 Å². The molecule has 0 spiro atoms. The van der Waals surface area contributed by atoms with Gasteiger partial charge in [0.1, 0.15) is 0 Å². The summed E-state index contributed by atoms with van der Waals surface area (Å²) in [5.41, 5.74) is 6.64. The van der Waals surface area contributed by atoms with Crippen LogP contribution in [0.2, 0.25) is 0 Å². The van der Waals surface area contributed by atoms with Gasteiger partial charge in [0.25, 0.3) is 0 Å². The van der Waals surface area contributed by atoms with Crippen molar-refractivity contribution in [1.29, 1.82) is 0 Å². The Hall–Kier alpha value is -1.86. The largest absolute Gasteiger partial charge is 0.144 e. The molecule has 2 aromatic carbocycles. The minimum absolute atomic E-state index is 0.564. The average Bonchev–Trinajstić information content (AvgIpc) is 2.98. The molecule has 0 aliphatic carbocycles. The lowest BCUT2D eigenvalue weighted by molar-refractivity contribution is 0.874. The minimum Gasteiger partial charge on any atom is -0.144 e. The molecule has 0 atom stereocenters. The monoisotopic (exact) mass is 292 g/mol. The molecule has 0 saturated heterocycles. The number of benzene rings is 2. The lowest BCUT2D eigenvalue weighted by atomic mass is 9.97. The summed E-state index contributed by atoms with van der Waals surface area (Å²) in [4.78, 5) is 1.40. The van der Waals surface area contributed by atoms with E-state index in [9.17, 15) is 0 Å². The van der Waals surface area contributed by atoms with Gasteiger partial charge in [-0.15, -0.1) is 11.3 Å². The molecule has 1 heterocycles. The van der Waals surface area contributed by atoms with Gasteiger partial charge < -0.3 is 0 Å². The molecule has 0 amide bonds. The Morgan fingerprint density at radius 1 is 0.810 bits per heavy atom. The molecule has 0 bridgehead atoms. The third-order valence-electron chi connectivity index (χ3n) is 3.83. The molecule has 0 unspecified atom stereocenters. The van der Waals surface area contributed by atoms with Gasteiger partial charge in [0.05, 0.1) is 0 Å². The first-order valence-corrected chi connectivity index (χ1v) is 8.28. The number of thiophene rings is 1. The average molecular weight is 292 g/mol. The zero-order valence-electron chi connectivity index (χ0n) is 12.8. The van der Waals surface area contributed by atoms with Crippen molar-refractivity contribution in [2.45, 2.75) is 26.7 Å². The van der Waals surface area contributed by atoms with E-state index in [4.69, 9.17) is 0 Å². The van der Waals surface area contributed by atoms with Crippen molar-refractivity contribution in [3.05, 3.63) is 71.1 Å². The Labute approximate surface area is 131 Å². The number of rotatable bonds is 3. The Bertz CT molecular complexity index is 733. The molecular formula is C20H20S. The van der Waals surface area contributed by atoms with E-state index in [2.05, 4.69) is 80.7 Å². The summed E-state index contributed by atoms with van der Waals surface area (Å²) in [7, 11) is 0. The van der Waals surface area contributed by atoms with Crippen LogP contribution in [-0.2, 0) is 0 Å². The van der Waals surface area contributed by atoms with Crippen LogP contribution < -0.4 is 0 Å². The summed E-state index contributed by atoms with van der Waals surface area (Å²) in [5.74, 6) is 0.564. The van der Waals surface area contributed by atoms with Gasteiger partial charge in [-0.3, -0.25) is 0 Å². The molecule has 0 aliphatic heterocycles. The summed E-state index contributed by atoms with van der Waals surface area (Å²) in [6.45, 7) is 6.64. The molecule has 3 aromatic rings. The molecule has 0 nitrogen and oxygen atoms in total. The lowest BCUT2D eigenvalue weighted by Crippen LogP contribution is -1.87. The predicted octanol–water partition coefficient (Wildman–Crippen LogP) is 6.51. The van der Waals surface area contributed by atoms with Crippen LogP contribution in [0.4, 0.5) is 0 Å². The second kappa shape index (κ2) is 5.87. The van der Waals surface area contributed by atoms with E-state index in [-0.39, 0.29) is 0 Å². The van der Waals surface area contributed by atoms with Gasteiger partial charge in [0.2, 0.25) is 0 Å². The van der Waals surface area contributed by atoms with Crippen molar-refractivity contribution in [1.82, 2.24) is 0 Å². The molecule has 0 radical (unpaired) electrons. The van der Waals surface area contributed by atoms with Crippen LogP contribution in [0, 0.1) is 6.92 Å². The van der Waals surface area contributed by atoms with Crippen LogP contribution >= 0.6 is 11.3 Å². The van der Waals surface area contributed by atoms with Crippen molar-refractivity contribution in [2.24, 2.45) is 0 Å². The molecule has 0 aliphatic rings. The van der Waals surface area contributed by atoms with Crippen molar-refractivity contribution in [3.63, 3.8) is 0 Å². The van der Waals surface area contributed by atoms with Gasteiger partial charge in [-0.05, 0) is 52.6 Å². The number of aryl methyl sites for hydroxylation is 1. The van der Waals surface area contributed by atoms with E-state index < -0.39 is 0 Å². The smallest absolute Gasteiger partial charge is 0.0377 e. The third-order valence-corrected chi connectivity index (χ3v) is 4.81. The van der Waals surface area contributed by atoms with Crippen molar-refractivity contribution in [3.8, 4) is 21.6 Å². The maximum atomic E-state index is 2.31. The van der Waals surface area contributed by atoms with Crippen LogP contribution in [-0.4, -0.2) is 0 Å². The normalized spacial score (nSPS) is 11.0. The van der Waals surface area contributed by atoms with Crippen LogP contribution in [0.5, 0.6) is 0 Å². The topological polar surface area (TPSA) is 0 Å². The first kappa shape index (κ1) is 14.1. The van der Waals surface area contributed by atoms with Gasteiger partial charge >= 0.3 is 0 Å². The minimum atomic E-state index is 0.564. The Balaban J connectivity index is 2.04. The van der Waals surface area contributed by atoms with Crippen LogP contribution in [0.15, 0.2) is 60.0 Å². The number of hydrogen-bond donors (Lipinski definition) is 0. The highest BCUT2D eigenvalue weighted by Crippen LogP contribution is 2.35. The fourth-order valence-electron chi connectivity index (χ4n) is 2.59. The third kappa shape index (κ3) is 2.93. The van der Waals surface area contributed by atoms with Gasteiger partial charge in [0, 0.05) is 4.88 Å². The van der Waals surface area contributed by atoms with Gasteiger partial charge in [-0.25, -0.2) is 0 Å². The van der Waals surface area contributed by atoms with Gasteiger partial charge in [-0.2, -0.15) is 0 Å². The maximum Gasteiger partial charge on any atom is 0.0377 e. The first-order chi connectivity index (χ1) is 10.1. The molecule has 0 N–H and O–H groups in total. The molecule has 21 heavy (non-hydrogen) atoms. The summed E-state index contributed by atoms with van der Waals surface area (Å²) in [6, 6.07) is 19.9. The molecule has 0 fully saturated rings. The summed E-state index contributed by atoms with van der Waals surface area (Å²) >= 11 is 1.84. The standard InChI is InChI=1S/C20H20S/c1-14(2)19-11-12-21-20(19)18-6-4-5-17(13-18)16-9-7-15(3)8-10-16/h4-14H,1-3H3. The highest BCUT2D eigenvalue weighted by molar-refractivity contribution is 7.13. The summed E-state index contributed by atoms with van der Waals surface area (Å²) in [5, 5.41) is 2.20. The summed E-state index contributed by atoms with van der Waals surface area (Å²) in [6.07, 6.45) is 0. The molecular weight excluding hydrogens is 272 g/mol. The van der Waals surface area contributed by atoms with E-state index in [1.165, 1.54) is 32.7 Å². The van der Waals surface area contributed by atoms with Crippen molar-refractivity contribution < 1.29 is 0 Å². The van der Waals surface area contributed by atoms with E-state index in [1.807, 2.05) is 11.3 Å². The van der Waals surface area contributed by atoms with Gasteiger partial charge in [0.15, 0.2) is 0 Å². The highest BCUT2D eigenvalue weighted by Gasteiger charge is 2.10. The Morgan fingerprint density at radius 3 is 2.24 bits per heavy atom. The SMILES string of the molecule is Cc1ccc(-c2cccc(-c3sccc3C(C)C)c2)cc1. The molecule has 3 rings (SSSR count). The molecule has 106 valence electrons. The van der Waals surface area contributed by atoms with Crippen LogP contribution in [0.3, 0.4) is 0 Å². The van der Waals surface area contributed by atoms with Gasteiger partial charge in [-0.1, -0.05) is 61.9 Å². The Kier molecular flexibility index (Phi) is 3.94. The van der Waals surface area contributed by atoms with E-state index in [0.29, 0.717) is 5.92 Å². The number of hydrogen-bond acceptors (Lipinski definition) is 1.